The van der Waals surface area contributed by atoms with E-state index in [0.717, 1.165) is 4.57 Å². The highest BCUT2D eigenvalue weighted by Crippen LogP contribution is 2.35. The second-order valence-corrected chi connectivity index (χ2v) is 4.33. The minimum atomic E-state index is -1.85. The van der Waals surface area contributed by atoms with Crippen LogP contribution in [0.1, 0.15) is 18.7 Å². The zero-order chi connectivity index (χ0) is 15.6. The van der Waals surface area contributed by atoms with Crippen molar-refractivity contribution in [2.24, 2.45) is 0 Å². The molecule has 112 valence electrons. The number of nitrogens with zero attached hydrogens (tertiary/aromatic N) is 2. The van der Waals surface area contributed by atoms with Crippen molar-refractivity contribution < 1.29 is 18.6 Å². The third-order valence-electron chi connectivity index (χ3n) is 3.03. The fourth-order valence-corrected chi connectivity index (χ4v) is 2.02. The van der Waals surface area contributed by atoms with Gasteiger partial charge in [-0.3, -0.25) is 4.57 Å². The molecule has 1 aromatic heterocycles. The first kappa shape index (κ1) is 15.2. The van der Waals surface area contributed by atoms with Crippen LogP contribution in [0.5, 0.6) is 0 Å². The monoisotopic (exact) mass is 297 g/mol. The molecular weight excluding hydrogens is 284 g/mol. The summed E-state index contributed by atoms with van der Waals surface area (Å²) in [7, 11) is 0. The Labute approximate surface area is 118 Å². The van der Waals surface area contributed by atoms with Crippen molar-refractivity contribution in [2.75, 3.05) is 12.3 Å². The van der Waals surface area contributed by atoms with Crippen LogP contribution in [-0.4, -0.2) is 33.5 Å². The number of nitrogen functional groups attached to an aromatic ring is 1. The first-order valence-corrected chi connectivity index (χ1v) is 6.05. The summed E-state index contributed by atoms with van der Waals surface area (Å²) >= 11 is 0. The van der Waals surface area contributed by atoms with Crippen molar-refractivity contribution >= 4 is 5.82 Å². The van der Waals surface area contributed by atoms with Gasteiger partial charge >= 0.3 is 5.69 Å². The number of aliphatic hydroxyl groups excluding tert-OH is 1. The van der Waals surface area contributed by atoms with Crippen molar-refractivity contribution in [3.8, 4) is 11.8 Å². The summed E-state index contributed by atoms with van der Waals surface area (Å²) < 4.78 is 32.8. The maximum absolute atomic E-state index is 13.9. The van der Waals surface area contributed by atoms with Crippen molar-refractivity contribution in [1.82, 2.24) is 9.55 Å². The maximum Gasteiger partial charge on any atom is 0.351 e. The van der Waals surface area contributed by atoms with Crippen LogP contribution in [0.2, 0.25) is 0 Å². The fourth-order valence-electron chi connectivity index (χ4n) is 2.02. The number of ether oxygens (including phenoxy) is 1. The third kappa shape index (κ3) is 2.66. The molecule has 0 spiro atoms. The molecule has 1 aliphatic heterocycles. The van der Waals surface area contributed by atoms with Crippen LogP contribution >= 0.6 is 0 Å². The van der Waals surface area contributed by atoms with Gasteiger partial charge in [-0.2, -0.15) is 4.98 Å². The number of rotatable bonds is 2. The number of aromatic nitrogens is 2. The molecular formula is C13H13F2N3O3. The molecule has 2 rings (SSSR count). The average Bonchev–Trinajstić information content (AvgIpc) is 2.78. The minimum absolute atomic E-state index is 0.0267. The molecule has 1 saturated heterocycles. The van der Waals surface area contributed by atoms with Gasteiger partial charge < -0.3 is 15.6 Å². The van der Waals surface area contributed by atoms with Crippen LogP contribution in [0.25, 0.3) is 0 Å². The summed E-state index contributed by atoms with van der Waals surface area (Å²) in [5.74, 6) is 5.14. The Morgan fingerprint density at radius 1 is 1.67 bits per heavy atom. The molecule has 3 N–H and O–H groups in total. The first-order valence-electron chi connectivity index (χ1n) is 6.05. The van der Waals surface area contributed by atoms with Gasteiger partial charge in [0.2, 0.25) is 0 Å². The van der Waals surface area contributed by atoms with E-state index < -0.39 is 36.4 Å². The third-order valence-corrected chi connectivity index (χ3v) is 3.03. The highest BCUT2D eigenvalue weighted by molar-refractivity contribution is 5.48. The van der Waals surface area contributed by atoms with Crippen molar-refractivity contribution in [3.05, 3.63) is 34.1 Å². The van der Waals surface area contributed by atoms with Crippen LogP contribution in [0.15, 0.2) is 22.9 Å². The summed E-state index contributed by atoms with van der Waals surface area (Å²) in [4.78, 5) is 15.4. The predicted molar refractivity (Wildman–Crippen MR) is 70.5 cm³/mol. The fraction of sp³-hybridized carbons (Fsp3) is 0.385. The van der Waals surface area contributed by atoms with Gasteiger partial charge in [-0.05, 0) is 6.92 Å². The van der Waals surface area contributed by atoms with Crippen LogP contribution in [0.3, 0.4) is 0 Å². The molecule has 2 heterocycles. The van der Waals surface area contributed by atoms with E-state index in [4.69, 9.17) is 15.6 Å². The van der Waals surface area contributed by atoms with Crippen LogP contribution in [-0.2, 0) is 4.74 Å². The molecule has 0 aromatic carbocycles. The lowest BCUT2D eigenvalue weighted by Crippen LogP contribution is -2.29. The lowest BCUT2D eigenvalue weighted by molar-refractivity contribution is -0.0322. The molecule has 6 nitrogen and oxygen atoms in total. The van der Waals surface area contributed by atoms with E-state index in [-0.39, 0.29) is 17.7 Å². The zero-order valence-electron chi connectivity index (χ0n) is 11.1. The number of anilines is 1. The van der Waals surface area contributed by atoms with Crippen LogP contribution < -0.4 is 11.4 Å². The van der Waals surface area contributed by atoms with Crippen LogP contribution in [0, 0.1) is 11.8 Å². The molecule has 3 atom stereocenters. The van der Waals surface area contributed by atoms with E-state index in [1.165, 1.54) is 6.20 Å². The average molecular weight is 297 g/mol. The normalized spacial score (nSPS) is 26.7. The summed E-state index contributed by atoms with van der Waals surface area (Å²) in [6.45, 7) is 0.918. The van der Waals surface area contributed by atoms with Gasteiger partial charge in [-0.25, -0.2) is 13.6 Å². The summed E-state index contributed by atoms with van der Waals surface area (Å²) in [5.41, 5.74) is 4.56. The standard InChI is InChI=1S/C13H13F2N3O3/c1-2-3-7-5-18(13(20)17-11(7)16)12-8(4-14)10(15)9(6-19)21-12/h4-5,9-10,12,19H,6H2,1H3,(H2,16,17,20)/b8-4+. The Kier molecular flexibility index (Phi) is 4.35. The largest absolute Gasteiger partial charge is 0.394 e. The number of alkyl halides is 1. The zero-order valence-corrected chi connectivity index (χ0v) is 11.1. The van der Waals surface area contributed by atoms with Crippen molar-refractivity contribution in [2.45, 2.75) is 25.4 Å². The van der Waals surface area contributed by atoms with Gasteiger partial charge in [-0.15, -0.1) is 5.92 Å². The smallest absolute Gasteiger partial charge is 0.351 e. The lowest BCUT2D eigenvalue weighted by atomic mass is 10.1. The Morgan fingerprint density at radius 3 is 2.95 bits per heavy atom. The van der Waals surface area contributed by atoms with E-state index in [0.29, 0.717) is 0 Å². The highest BCUT2D eigenvalue weighted by atomic mass is 19.1. The Hall–Kier alpha value is -2.24. The molecule has 0 aliphatic carbocycles. The molecule has 21 heavy (non-hydrogen) atoms. The van der Waals surface area contributed by atoms with E-state index in [9.17, 15) is 13.6 Å². The Morgan fingerprint density at radius 2 is 2.38 bits per heavy atom. The molecule has 0 saturated carbocycles. The van der Waals surface area contributed by atoms with Crippen molar-refractivity contribution in [1.29, 1.82) is 0 Å². The van der Waals surface area contributed by atoms with E-state index in [1.807, 2.05) is 0 Å². The van der Waals surface area contributed by atoms with E-state index in [1.54, 1.807) is 6.92 Å². The van der Waals surface area contributed by atoms with Gasteiger partial charge in [0.05, 0.1) is 18.5 Å². The quantitative estimate of drug-likeness (QED) is 0.765. The highest BCUT2D eigenvalue weighted by Gasteiger charge is 2.41. The van der Waals surface area contributed by atoms with Gasteiger partial charge in [0.15, 0.2) is 12.4 Å². The maximum atomic E-state index is 13.9. The number of aliphatic hydroxyl groups is 1. The van der Waals surface area contributed by atoms with Crippen LogP contribution in [0.4, 0.5) is 14.6 Å². The van der Waals surface area contributed by atoms with Gasteiger partial charge in [0, 0.05) is 11.8 Å². The first-order chi connectivity index (χ1) is 10.0. The number of halogens is 2. The molecule has 1 fully saturated rings. The molecule has 0 bridgehead atoms. The van der Waals surface area contributed by atoms with E-state index >= 15 is 0 Å². The van der Waals surface area contributed by atoms with Crippen molar-refractivity contribution in [3.63, 3.8) is 0 Å². The molecule has 8 heteroatoms. The number of nitrogens with two attached hydrogens (primary N) is 1. The minimum Gasteiger partial charge on any atom is -0.394 e. The SMILES string of the molecule is CC#Cc1cn(C2OC(CO)C(F)/C2=C\F)c(=O)nc1N. The molecule has 3 unspecified atom stereocenters. The summed E-state index contributed by atoms with van der Waals surface area (Å²) in [6, 6.07) is 0. The topological polar surface area (TPSA) is 90.4 Å². The number of hydrogen-bond acceptors (Lipinski definition) is 5. The van der Waals surface area contributed by atoms with Gasteiger partial charge in [-0.1, -0.05) is 5.92 Å². The number of hydrogen-bond donors (Lipinski definition) is 2. The lowest BCUT2D eigenvalue weighted by Gasteiger charge is -2.15. The molecule has 1 aliphatic rings. The summed E-state index contributed by atoms with van der Waals surface area (Å²) in [6.07, 6.45) is -3.18. The van der Waals surface area contributed by atoms with Gasteiger partial charge in [0.25, 0.3) is 0 Å². The Balaban J connectivity index is 2.53. The molecule has 0 amide bonds. The summed E-state index contributed by atoms with van der Waals surface area (Å²) in [5, 5.41) is 9.01. The molecule has 0 radical (unpaired) electrons. The molecule has 1 aromatic rings. The predicted octanol–water partition coefficient (Wildman–Crippen LogP) is 0.278. The second-order valence-electron chi connectivity index (χ2n) is 4.33. The Bertz CT molecular complexity index is 690. The second kappa shape index (κ2) is 6.03. The van der Waals surface area contributed by atoms with Gasteiger partial charge in [0.1, 0.15) is 11.9 Å². The van der Waals surface area contributed by atoms with E-state index in [2.05, 4.69) is 16.8 Å².